The number of nitrogens with one attached hydrogen (secondary N) is 1. The maximum absolute atomic E-state index is 13.3. The predicted octanol–water partition coefficient (Wildman–Crippen LogP) is 1.99. The second-order valence-electron chi connectivity index (χ2n) is 9.42. The lowest BCUT2D eigenvalue weighted by Gasteiger charge is -2.36. The second kappa shape index (κ2) is 9.45. The average Bonchev–Trinajstić information content (AvgIpc) is 3.27. The zero-order valence-corrected chi connectivity index (χ0v) is 22.8. The highest BCUT2D eigenvalue weighted by Crippen LogP contribution is 2.37. The number of aromatic nitrogens is 4. The molecule has 38 heavy (non-hydrogen) atoms. The van der Waals surface area contributed by atoms with Crippen LogP contribution in [-0.4, -0.2) is 77.7 Å². The van der Waals surface area contributed by atoms with E-state index in [4.69, 9.17) is 0 Å². The molecule has 3 aromatic rings. The Bertz CT molecular complexity index is 1630. The SMILES string of the molecule is CC(C)S(=O)(=O)N1CCN(c2cc(S(=O)(=O)NC3(C#N)CC3)cn3c(-c4nnc(C(F)F)s4)ncc23)CC1. The molecule has 12 nitrogen and oxygen atoms in total. The second-order valence-corrected chi connectivity index (χ2v) is 14.6. The fraction of sp³-hybridized carbons (Fsp3) is 0.524. The molecular weight excluding hydrogens is 562 g/mol. The van der Waals surface area contributed by atoms with Crippen LogP contribution in [0.15, 0.2) is 23.4 Å². The van der Waals surface area contributed by atoms with Crippen LogP contribution in [0.4, 0.5) is 14.5 Å². The normalized spacial score (nSPS) is 18.4. The third-order valence-electron chi connectivity index (χ3n) is 6.55. The number of fused-ring (bicyclic) bond motifs is 1. The maximum Gasteiger partial charge on any atom is 0.291 e. The van der Waals surface area contributed by atoms with Crippen LogP contribution >= 0.6 is 11.3 Å². The van der Waals surface area contributed by atoms with Gasteiger partial charge in [-0.1, -0.05) is 11.3 Å². The van der Waals surface area contributed by atoms with E-state index in [0.29, 0.717) is 35.4 Å². The largest absolute Gasteiger partial charge is 0.367 e. The van der Waals surface area contributed by atoms with Gasteiger partial charge < -0.3 is 4.90 Å². The minimum absolute atomic E-state index is 0.0808. The first-order chi connectivity index (χ1) is 17.9. The Morgan fingerprint density at radius 1 is 1.13 bits per heavy atom. The van der Waals surface area contributed by atoms with E-state index in [1.165, 1.54) is 27.2 Å². The van der Waals surface area contributed by atoms with E-state index in [9.17, 15) is 30.9 Å². The molecule has 0 atom stereocenters. The minimum atomic E-state index is -4.16. The number of piperazine rings is 1. The standard InChI is InChI=1S/C21H24F2N8O4S3/c1-13(2)38(34,35)30-7-5-29(6-8-30)15-9-14(37(32,33)28-21(12-24)3-4-21)11-31-16(15)10-25-18(31)20-27-26-19(36-20)17(22)23/h9-11,13,17,28H,3-8H2,1-2H3. The summed E-state index contributed by atoms with van der Waals surface area (Å²) in [6.45, 7) is 4.20. The highest BCUT2D eigenvalue weighted by atomic mass is 32.2. The number of imidazole rings is 1. The molecule has 1 aliphatic heterocycles. The molecule has 0 bridgehead atoms. The van der Waals surface area contributed by atoms with Gasteiger partial charge in [0.1, 0.15) is 10.4 Å². The Kier molecular flexibility index (Phi) is 6.67. The van der Waals surface area contributed by atoms with Crippen molar-refractivity contribution >= 4 is 42.6 Å². The van der Waals surface area contributed by atoms with Gasteiger partial charge in [-0.25, -0.2) is 30.6 Å². The average molecular weight is 587 g/mol. The molecule has 1 saturated carbocycles. The highest BCUT2D eigenvalue weighted by Gasteiger charge is 2.47. The van der Waals surface area contributed by atoms with Crippen molar-refractivity contribution in [1.82, 2.24) is 28.6 Å². The van der Waals surface area contributed by atoms with E-state index in [1.807, 2.05) is 11.0 Å². The Balaban J connectivity index is 1.58. The molecule has 2 aliphatic rings. The number of hydrogen-bond acceptors (Lipinski definition) is 10. The van der Waals surface area contributed by atoms with Gasteiger partial charge in [-0.3, -0.25) is 4.40 Å². The van der Waals surface area contributed by atoms with E-state index in [0.717, 1.165) is 0 Å². The first-order valence-corrected chi connectivity index (χ1v) is 15.5. The summed E-state index contributed by atoms with van der Waals surface area (Å²) in [6, 6.07) is 3.45. The van der Waals surface area contributed by atoms with Gasteiger partial charge in [-0.2, -0.15) is 14.3 Å². The molecule has 0 aromatic carbocycles. The molecular formula is C21H24F2N8O4S3. The zero-order chi connectivity index (χ0) is 27.5. The lowest BCUT2D eigenvalue weighted by atomic mass is 10.2. The minimum Gasteiger partial charge on any atom is -0.367 e. The number of alkyl halides is 2. The van der Waals surface area contributed by atoms with Crippen molar-refractivity contribution < 1.29 is 25.6 Å². The number of pyridine rings is 1. The van der Waals surface area contributed by atoms with Gasteiger partial charge in [0.15, 0.2) is 15.8 Å². The summed E-state index contributed by atoms with van der Waals surface area (Å²) in [5, 5.41) is 15.7. The maximum atomic E-state index is 13.3. The van der Waals surface area contributed by atoms with Gasteiger partial charge in [0.05, 0.1) is 28.7 Å². The van der Waals surface area contributed by atoms with Crippen LogP contribution < -0.4 is 9.62 Å². The van der Waals surface area contributed by atoms with Gasteiger partial charge in [-0.05, 0) is 32.8 Å². The van der Waals surface area contributed by atoms with Crippen LogP contribution in [0, 0.1) is 11.3 Å². The Labute approximate surface area is 222 Å². The topological polar surface area (TPSA) is 154 Å². The summed E-state index contributed by atoms with van der Waals surface area (Å²) in [5.41, 5.74) is -0.212. The molecule has 0 spiro atoms. The summed E-state index contributed by atoms with van der Waals surface area (Å²) in [5.74, 6) is 0.130. The first kappa shape index (κ1) is 26.8. The summed E-state index contributed by atoms with van der Waals surface area (Å²) in [7, 11) is -7.61. The van der Waals surface area contributed by atoms with E-state index >= 15 is 0 Å². The van der Waals surface area contributed by atoms with Crippen LogP contribution in [-0.2, 0) is 20.0 Å². The van der Waals surface area contributed by atoms with Crippen LogP contribution in [0.25, 0.3) is 16.3 Å². The number of anilines is 1. The van der Waals surface area contributed by atoms with Crippen molar-refractivity contribution in [1.29, 1.82) is 5.26 Å². The fourth-order valence-corrected chi connectivity index (χ4v) is 7.54. The van der Waals surface area contributed by atoms with Gasteiger partial charge in [0.25, 0.3) is 6.43 Å². The lowest BCUT2D eigenvalue weighted by Crippen LogP contribution is -2.50. The molecule has 0 radical (unpaired) electrons. The van der Waals surface area contributed by atoms with E-state index in [2.05, 4.69) is 19.9 Å². The molecule has 4 heterocycles. The summed E-state index contributed by atoms with van der Waals surface area (Å²) in [4.78, 5) is 6.02. The van der Waals surface area contributed by atoms with Crippen molar-refractivity contribution in [3.8, 4) is 16.9 Å². The zero-order valence-electron chi connectivity index (χ0n) is 20.4. The molecule has 204 valence electrons. The molecule has 1 saturated heterocycles. The van der Waals surface area contributed by atoms with Gasteiger partial charge in [0.2, 0.25) is 20.0 Å². The highest BCUT2D eigenvalue weighted by molar-refractivity contribution is 7.89. The number of hydrogen-bond donors (Lipinski definition) is 1. The molecule has 2 fully saturated rings. The molecule has 0 unspecified atom stereocenters. The Morgan fingerprint density at radius 2 is 1.82 bits per heavy atom. The molecule has 5 rings (SSSR count). The number of sulfonamides is 2. The van der Waals surface area contributed by atoms with Gasteiger partial charge in [0, 0.05) is 32.4 Å². The monoisotopic (exact) mass is 586 g/mol. The number of rotatable bonds is 8. The summed E-state index contributed by atoms with van der Waals surface area (Å²) < 4.78 is 83.5. The van der Waals surface area contributed by atoms with Crippen molar-refractivity contribution in [3.05, 3.63) is 23.5 Å². The molecule has 0 amide bonds. The van der Waals surface area contributed by atoms with Crippen LogP contribution in [0.5, 0.6) is 0 Å². The third-order valence-corrected chi connectivity index (χ3v) is 11.3. The predicted molar refractivity (Wildman–Crippen MR) is 135 cm³/mol. The van der Waals surface area contributed by atoms with Crippen LogP contribution in [0.1, 0.15) is 38.1 Å². The number of halogens is 2. The first-order valence-electron chi connectivity index (χ1n) is 11.7. The van der Waals surface area contributed by atoms with Crippen molar-refractivity contribution in [2.75, 3.05) is 31.1 Å². The van der Waals surface area contributed by atoms with E-state index in [1.54, 1.807) is 13.8 Å². The van der Waals surface area contributed by atoms with Crippen LogP contribution in [0.2, 0.25) is 0 Å². The van der Waals surface area contributed by atoms with Crippen molar-refractivity contribution in [2.45, 2.75) is 48.8 Å². The van der Waals surface area contributed by atoms with Crippen LogP contribution in [0.3, 0.4) is 0 Å². The molecule has 1 N–H and O–H groups in total. The molecule has 3 aromatic heterocycles. The Hall–Kier alpha value is -2.78. The Morgan fingerprint density at radius 3 is 2.37 bits per heavy atom. The number of nitriles is 1. The fourth-order valence-electron chi connectivity index (χ4n) is 4.19. The molecule has 17 heteroatoms. The molecule has 1 aliphatic carbocycles. The van der Waals surface area contributed by atoms with Gasteiger partial charge >= 0.3 is 0 Å². The summed E-state index contributed by atoms with van der Waals surface area (Å²) in [6.07, 6.45) is 0.748. The van der Waals surface area contributed by atoms with E-state index < -0.39 is 42.3 Å². The van der Waals surface area contributed by atoms with Crippen molar-refractivity contribution in [3.63, 3.8) is 0 Å². The quantitative estimate of drug-likeness (QED) is 0.417. The lowest BCUT2D eigenvalue weighted by molar-refractivity contribution is 0.150. The van der Waals surface area contributed by atoms with Crippen molar-refractivity contribution in [2.24, 2.45) is 0 Å². The third kappa shape index (κ3) is 4.75. The smallest absolute Gasteiger partial charge is 0.291 e. The summed E-state index contributed by atoms with van der Waals surface area (Å²) >= 11 is 0.647. The van der Waals surface area contributed by atoms with E-state index in [-0.39, 0.29) is 41.9 Å². The van der Waals surface area contributed by atoms with Gasteiger partial charge in [-0.15, -0.1) is 10.2 Å². The number of nitrogens with zero attached hydrogens (tertiary/aromatic N) is 7.